The van der Waals surface area contributed by atoms with Gasteiger partial charge in [-0.05, 0) is 48.5 Å². The Balaban J connectivity index is 4.04. The van der Waals surface area contributed by atoms with Gasteiger partial charge in [-0.3, -0.25) is 4.79 Å². The van der Waals surface area contributed by atoms with Crippen LogP contribution in [0, 0.1) is 6.54 Å². The smallest absolute Gasteiger partial charge is 0.407 e. The number of hydrogen-bond donors (Lipinski definition) is 2. The Kier molecular flexibility index (Phi) is 7.35. The topological polar surface area (TPSA) is 93.7 Å². The van der Waals surface area contributed by atoms with Gasteiger partial charge in [-0.25, -0.2) is 9.59 Å². The lowest BCUT2D eigenvalue weighted by atomic mass is 10.2. The zero-order valence-corrected chi connectivity index (χ0v) is 14.4. The largest absolute Gasteiger partial charge is 0.458 e. The quantitative estimate of drug-likeness (QED) is 0.756. The van der Waals surface area contributed by atoms with Crippen molar-refractivity contribution in [2.45, 2.75) is 72.1 Å². The molecule has 0 aromatic rings. The van der Waals surface area contributed by atoms with Crippen LogP contribution in [-0.2, 0) is 19.1 Å². The first kappa shape index (κ1) is 20.2. The maximum Gasteiger partial charge on any atom is 0.407 e. The Hall–Kier alpha value is -1.79. The van der Waals surface area contributed by atoms with Crippen molar-refractivity contribution in [2.24, 2.45) is 0 Å². The number of hydrogen-bond acceptors (Lipinski definition) is 5. The third kappa shape index (κ3) is 10.9. The van der Waals surface area contributed by atoms with Crippen LogP contribution in [0.25, 0.3) is 0 Å². The van der Waals surface area contributed by atoms with E-state index < -0.39 is 35.2 Å². The summed E-state index contributed by atoms with van der Waals surface area (Å²) >= 11 is 0. The van der Waals surface area contributed by atoms with Crippen LogP contribution in [0.4, 0.5) is 4.79 Å². The minimum absolute atomic E-state index is 0.0770. The molecule has 0 bridgehead atoms. The first-order chi connectivity index (χ1) is 9.80. The summed E-state index contributed by atoms with van der Waals surface area (Å²) in [7, 11) is 0. The summed E-state index contributed by atoms with van der Waals surface area (Å²) < 4.78 is 10.2. The summed E-state index contributed by atoms with van der Waals surface area (Å²) in [5.74, 6) is -0.921. The van der Waals surface area contributed by atoms with Crippen LogP contribution in [-0.4, -0.2) is 35.2 Å². The fourth-order valence-electron chi connectivity index (χ4n) is 1.28. The van der Waals surface area contributed by atoms with Crippen molar-refractivity contribution in [1.82, 2.24) is 10.6 Å². The lowest BCUT2D eigenvalue weighted by Crippen LogP contribution is -2.42. The lowest BCUT2D eigenvalue weighted by Gasteiger charge is -2.22. The molecule has 1 radical (unpaired) electrons. The summed E-state index contributed by atoms with van der Waals surface area (Å²) in [5, 5.41) is 4.84. The molecule has 0 aliphatic rings. The normalized spacial score (nSPS) is 13.0. The van der Waals surface area contributed by atoms with Gasteiger partial charge in [0.25, 0.3) is 0 Å². The van der Waals surface area contributed by atoms with Crippen molar-refractivity contribution in [3.05, 3.63) is 6.54 Å². The summed E-state index contributed by atoms with van der Waals surface area (Å²) in [6.45, 7) is 13.3. The molecule has 0 heterocycles. The zero-order chi connectivity index (χ0) is 17.6. The molecule has 0 aromatic carbocycles. The third-order valence-corrected chi connectivity index (χ3v) is 2.04. The van der Waals surface area contributed by atoms with E-state index in [0.29, 0.717) is 0 Å². The second kappa shape index (κ2) is 8.00. The van der Waals surface area contributed by atoms with Crippen LogP contribution in [0.15, 0.2) is 0 Å². The first-order valence-corrected chi connectivity index (χ1v) is 7.13. The number of esters is 1. The highest BCUT2D eigenvalue weighted by Crippen LogP contribution is 2.08. The molecule has 2 amide bonds. The van der Waals surface area contributed by atoms with E-state index in [9.17, 15) is 14.4 Å². The Bertz CT molecular complexity index is 407. The summed E-state index contributed by atoms with van der Waals surface area (Å²) in [6, 6.07) is -0.762. The summed E-state index contributed by atoms with van der Waals surface area (Å²) in [4.78, 5) is 34.7. The molecule has 0 fully saturated rings. The van der Waals surface area contributed by atoms with E-state index in [1.54, 1.807) is 41.5 Å². The molecule has 0 spiro atoms. The number of alkyl carbamates (subject to hydrolysis) is 1. The molecule has 7 heteroatoms. The highest BCUT2D eigenvalue weighted by molar-refractivity contribution is 5.85. The number of ether oxygens (including phenoxy) is 2. The summed E-state index contributed by atoms with van der Waals surface area (Å²) in [6.07, 6.45) is -0.715. The van der Waals surface area contributed by atoms with E-state index in [0.717, 1.165) is 0 Å². The van der Waals surface area contributed by atoms with Crippen LogP contribution >= 0.6 is 0 Å². The molecule has 1 atom stereocenters. The first-order valence-electron chi connectivity index (χ1n) is 7.13. The molecule has 0 aliphatic heterocycles. The predicted molar refractivity (Wildman–Crippen MR) is 81.7 cm³/mol. The fourth-order valence-corrected chi connectivity index (χ4v) is 1.28. The van der Waals surface area contributed by atoms with Gasteiger partial charge in [0, 0.05) is 6.42 Å². The monoisotopic (exact) mass is 315 g/mol. The van der Waals surface area contributed by atoms with Crippen molar-refractivity contribution in [2.75, 3.05) is 0 Å². The number of nitrogens with one attached hydrogen (secondary N) is 2. The molecule has 22 heavy (non-hydrogen) atoms. The molecule has 0 aromatic heterocycles. The Morgan fingerprint density at radius 2 is 1.50 bits per heavy atom. The fraction of sp³-hybridized carbons (Fsp3) is 0.733. The van der Waals surface area contributed by atoms with Crippen LogP contribution < -0.4 is 10.6 Å². The van der Waals surface area contributed by atoms with Crippen molar-refractivity contribution in [3.8, 4) is 0 Å². The van der Waals surface area contributed by atoms with Crippen LogP contribution in [0.5, 0.6) is 0 Å². The Morgan fingerprint density at radius 1 is 1.00 bits per heavy atom. The van der Waals surface area contributed by atoms with E-state index in [4.69, 9.17) is 9.47 Å². The highest BCUT2D eigenvalue weighted by Gasteiger charge is 2.23. The second-order valence-electron chi connectivity index (χ2n) is 6.88. The van der Waals surface area contributed by atoms with Gasteiger partial charge in [-0.15, -0.1) is 0 Å². The van der Waals surface area contributed by atoms with E-state index in [1.807, 2.05) is 0 Å². The second-order valence-corrected chi connectivity index (χ2v) is 6.88. The molecule has 0 aliphatic carbocycles. The molecule has 0 saturated heterocycles. The average molecular weight is 315 g/mol. The molecular weight excluding hydrogens is 288 g/mol. The van der Waals surface area contributed by atoms with E-state index in [2.05, 4.69) is 10.6 Å². The maximum atomic E-state index is 11.7. The number of carbonyl (C=O) groups is 3. The minimum Gasteiger partial charge on any atom is -0.458 e. The number of amides is 2. The molecule has 0 unspecified atom stereocenters. The summed E-state index contributed by atoms with van der Waals surface area (Å²) in [5.41, 5.74) is -1.22. The van der Waals surface area contributed by atoms with Crippen molar-refractivity contribution >= 4 is 18.0 Å². The maximum absolute atomic E-state index is 11.7. The van der Waals surface area contributed by atoms with Crippen molar-refractivity contribution < 1.29 is 23.9 Å². The van der Waals surface area contributed by atoms with E-state index >= 15 is 0 Å². The molecule has 2 N–H and O–H groups in total. The molecule has 127 valence electrons. The van der Waals surface area contributed by atoms with Crippen molar-refractivity contribution in [3.63, 3.8) is 0 Å². The molecule has 0 saturated carbocycles. The van der Waals surface area contributed by atoms with Gasteiger partial charge in [0.05, 0.1) is 6.54 Å². The molecular formula is C15H27N2O5. The third-order valence-electron chi connectivity index (χ3n) is 2.04. The lowest BCUT2D eigenvalue weighted by molar-refractivity contribution is -0.158. The average Bonchev–Trinajstić information content (AvgIpc) is 2.23. The van der Waals surface area contributed by atoms with Gasteiger partial charge in [0.15, 0.2) is 0 Å². The van der Waals surface area contributed by atoms with E-state index in [1.165, 1.54) is 13.5 Å². The Morgan fingerprint density at radius 3 is 1.95 bits per heavy atom. The van der Waals surface area contributed by atoms with Crippen molar-refractivity contribution in [1.29, 1.82) is 0 Å². The van der Waals surface area contributed by atoms with Gasteiger partial charge in [-0.2, -0.15) is 0 Å². The van der Waals surface area contributed by atoms with Gasteiger partial charge < -0.3 is 20.1 Å². The SMILES string of the molecule is C[C@H](NC(=O)C[CH]NC(=O)OC(C)(C)C)C(=O)OC(C)(C)C. The van der Waals surface area contributed by atoms with Crippen LogP contribution in [0.1, 0.15) is 54.9 Å². The Labute approximate surface area is 132 Å². The van der Waals surface area contributed by atoms with Crippen LogP contribution in [0.3, 0.4) is 0 Å². The zero-order valence-electron chi connectivity index (χ0n) is 14.4. The predicted octanol–water partition coefficient (Wildman–Crippen LogP) is 1.91. The molecule has 7 nitrogen and oxygen atoms in total. The van der Waals surface area contributed by atoms with Gasteiger partial charge in [-0.1, -0.05) is 0 Å². The van der Waals surface area contributed by atoms with E-state index in [-0.39, 0.29) is 6.42 Å². The molecule has 0 rings (SSSR count). The highest BCUT2D eigenvalue weighted by atomic mass is 16.6. The van der Waals surface area contributed by atoms with Gasteiger partial charge >= 0.3 is 12.1 Å². The van der Waals surface area contributed by atoms with Gasteiger partial charge in [0.1, 0.15) is 17.2 Å². The number of carbonyl (C=O) groups excluding carboxylic acids is 3. The minimum atomic E-state index is -0.762. The number of rotatable bonds is 5. The standard InChI is InChI=1S/C15H27N2O5/c1-10(12(19)21-14(2,3)4)17-11(18)8-9-16-13(20)22-15(5,6)7/h9-10H,8H2,1-7H3,(H,16,20)(H,17,18)/t10-/m0/s1. The van der Waals surface area contributed by atoms with Crippen LogP contribution in [0.2, 0.25) is 0 Å². The van der Waals surface area contributed by atoms with Gasteiger partial charge in [0.2, 0.25) is 5.91 Å².